The van der Waals surface area contributed by atoms with Crippen LogP contribution in [0.4, 0.5) is 0 Å². The van der Waals surface area contributed by atoms with Crippen LogP contribution >= 0.6 is 0 Å². The highest BCUT2D eigenvalue weighted by Gasteiger charge is 1.85. The predicted molar refractivity (Wildman–Crippen MR) is 61.6 cm³/mol. The second-order valence-electron chi connectivity index (χ2n) is 3.65. The Labute approximate surface area is 83.6 Å². The number of rotatable bonds is 9. The molecule has 0 fully saturated rings. The summed E-state index contributed by atoms with van der Waals surface area (Å²) in [6.07, 6.45) is 12.6. The van der Waals surface area contributed by atoms with Crippen LogP contribution in [0.1, 0.15) is 65.2 Å². The molecule has 0 heterocycles. The standard InChI is InChI=1S/C12H25N/c1-3-5-7-9-11-13-12-10-8-6-4-2/h11H,3-10,12H2,1-2H3. The van der Waals surface area contributed by atoms with Gasteiger partial charge in [0.15, 0.2) is 0 Å². The molecule has 0 saturated carbocycles. The minimum Gasteiger partial charge on any atom is -0.298 e. The average molecular weight is 183 g/mol. The molecule has 0 aliphatic heterocycles. The molecule has 13 heavy (non-hydrogen) atoms. The van der Waals surface area contributed by atoms with Gasteiger partial charge in [-0.2, -0.15) is 0 Å². The molecule has 0 aromatic carbocycles. The number of unbranched alkanes of at least 4 members (excludes halogenated alkanes) is 6. The molecule has 0 atom stereocenters. The normalized spacial score (nSPS) is 11.2. The molecular formula is C12H25N. The van der Waals surface area contributed by atoms with Crippen molar-refractivity contribution in [1.82, 2.24) is 0 Å². The Morgan fingerprint density at radius 1 is 0.846 bits per heavy atom. The fraction of sp³-hybridized carbons (Fsp3) is 0.917. The molecule has 0 unspecified atom stereocenters. The lowest BCUT2D eigenvalue weighted by Crippen LogP contribution is -1.84. The monoisotopic (exact) mass is 183 g/mol. The van der Waals surface area contributed by atoms with Gasteiger partial charge in [0.25, 0.3) is 0 Å². The summed E-state index contributed by atoms with van der Waals surface area (Å²) < 4.78 is 0. The molecule has 0 rings (SSSR count). The summed E-state index contributed by atoms with van der Waals surface area (Å²) in [5.74, 6) is 0. The molecule has 0 bridgehead atoms. The Balaban J connectivity index is 2.95. The van der Waals surface area contributed by atoms with E-state index in [9.17, 15) is 0 Å². The maximum absolute atomic E-state index is 4.39. The van der Waals surface area contributed by atoms with Crippen molar-refractivity contribution >= 4 is 6.21 Å². The summed E-state index contributed by atoms with van der Waals surface area (Å²) in [6, 6.07) is 0. The van der Waals surface area contributed by atoms with Crippen LogP contribution in [-0.4, -0.2) is 12.8 Å². The van der Waals surface area contributed by atoms with Gasteiger partial charge in [0.05, 0.1) is 0 Å². The van der Waals surface area contributed by atoms with Gasteiger partial charge in [-0.1, -0.05) is 46.0 Å². The summed E-state index contributed by atoms with van der Waals surface area (Å²) in [7, 11) is 0. The highest BCUT2D eigenvalue weighted by Crippen LogP contribution is 1.99. The molecular weight excluding hydrogens is 158 g/mol. The van der Waals surface area contributed by atoms with E-state index in [-0.39, 0.29) is 0 Å². The van der Waals surface area contributed by atoms with Crippen molar-refractivity contribution in [3.63, 3.8) is 0 Å². The summed E-state index contributed by atoms with van der Waals surface area (Å²) >= 11 is 0. The third-order valence-corrected chi connectivity index (χ3v) is 2.21. The zero-order valence-corrected chi connectivity index (χ0v) is 9.39. The van der Waals surface area contributed by atoms with Crippen LogP contribution in [0.2, 0.25) is 0 Å². The van der Waals surface area contributed by atoms with Crippen molar-refractivity contribution < 1.29 is 0 Å². The van der Waals surface area contributed by atoms with Crippen molar-refractivity contribution in [3.8, 4) is 0 Å². The quantitative estimate of drug-likeness (QED) is 0.375. The molecule has 1 nitrogen and oxygen atoms in total. The van der Waals surface area contributed by atoms with Crippen LogP contribution < -0.4 is 0 Å². The summed E-state index contributed by atoms with van der Waals surface area (Å²) in [6.45, 7) is 5.53. The van der Waals surface area contributed by atoms with E-state index in [4.69, 9.17) is 0 Å². The highest BCUT2D eigenvalue weighted by atomic mass is 14.7. The van der Waals surface area contributed by atoms with Crippen molar-refractivity contribution in [2.75, 3.05) is 6.54 Å². The highest BCUT2D eigenvalue weighted by molar-refractivity contribution is 5.56. The van der Waals surface area contributed by atoms with Crippen LogP contribution in [0.5, 0.6) is 0 Å². The second-order valence-corrected chi connectivity index (χ2v) is 3.65. The van der Waals surface area contributed by atoms with Gasteiger partial charge in [-0.25, -0.2) is 0 Å². The maximum atomic E-state index is 4.39. The molecule has 0 radical (unpaired) electrons. The zero-order chi connectivity index (χ0) is 9.78. The van der Waals surface area contributed by atoms with Crippen LogP contribution in [0.15, 0.2) is 4.99 Å². The SMILES string of the molecule is CCCCCC=NCCCCCC. The molecule has 0 N–H and O–H groups in total. The van der Waals surface area contributed by atoms with Gasteiger partial charge in [-0.15, -0.1) is 0 Å². The van der Waals surface area contributed by atoms with Crippen molar-refractivity contribution in [1.29, 1.82) is 0 Å². The summed E-state index contributed by atoms with van der Waals surface area (Å²) in [5.41, 5.74) is 0. The lowest BCUT2D eigenvalue weighted by atomic mass is 10.2. The largest absolute Gasteiger partial charge is 0.298 e. The molecule has 1 heteroatoms. The first-order chi connectivity index (χ1) is 6.41. The van der Waals surface area contributed by atoms with Crippen LogP contribution in [-0.2, 0) is 0 Å². The van der Waals surface area contributed by atoms with Gasteiger partial charge in [0.1, 0.15) is 0 Å². The fourth-order valence-corrected chi connectivity index (χ4v) is 1.30. The van der Waals surface area contributed by atoms with E-state index in [0.717, 1.165) is 6.54 Å². The number of aliphatic imine (C=N–C) groups is 1. The van der Waals surface area contributed by atoms with Gasteiger partial charge in [-0.05, 0) is 25.5 Å². The van der Waals surface area contributed by atoms with E-state index >= 15 is 0 Å². The van der Waals surface area contributed by atoms with E-state index in [1.54, 1.807) is 0 Å². The van der Waals surface area contributed by atoms with E-state index < -0.39 is 0 Å². The van der Waals surface area contributed by atoms with Gasteiger partial charge >= 0.3 is 0 Å². The van der Waals surface area contributed by atoms with E-state index in [1.165, 1.54) is 51.4 Å². The van der Waals surface area contributed by atoms with E-state index in [0.29, 0.717) is 0 Å². The second kappa shape index (κ2) is 11.7. The van der Waals surface area contributed by atoms with E-state index in [2.05, 4.69) is 25.1 Å². The third-order valence-electron chi connectivity index (χ3n) is 2.21. The minimum absolute atomic E-state index is 1.05. The lowest BCUT2D eigenvalue weighted by Gasteiger charge is -1.94. The first-order valence-corrected chi connectivity index (χ1v) is 5.90. The topological polar surface area (TPSA) is 12.4 Å². The molecule has 0 aromatic rings. The molecule has 0 spiro atoms. The molecule has 78 valence electrons. The first kappa shape index (κ1) is 12.7. The minimum atomic E-state index is 1.05. The Kier molecular flexibility index (Phi) is 11.4. The molecule has 0 saturated heterocycles. The van der Waals surface area contributed by atoms with Crippen LogP contribution in [0.25, 0.3) is 0 Å². The Hall–Kier alpha value is -0.330. The summed E-state index contributed by atoms with van der Waals surface area (Å²) in [5, 5.41) is 0. The van der Waals surface area contributed by atoms with Crippen LogP contribution in [0, 0.1) is 0 Å². The predicted octanol–water partition coefficient (Wildman–Crippen LogP) is 4.22. The smallest absolute Gasteiger partial charge is 0.0385 e. The molecule has 0 aliphatic carbocycles. The van der Waals surface area contributed by atoms with Crippen molar-refractivity contribution in [3.05, 3.63) is 0 Å². The molecule has 0 aliphatic rings. The van der Waals surface area contributed by atoms with Gasteiger partial charge < -0.3 is 0 Å². The number of hydrogen-bond donors (Lipinski definition) is 0. The first-order valence-electron chi connectivity index (χ1n) is 5.90. The lowest BCUT2D eigenvalue weighted by molar-refractivity contribution is 0.674. The van der Waals surface area contributed by atoms with Gasteiger partial charge in [0, 0.05) is 6.54 Å². The molecule has 0 aromatic heterocycles. The zero-order valence-electron chi connectivity index (χ0n) is 9.39. The average Bonchev–Trinajstić information content (AvgIpc) is 2.16. The van der Waals surface area contributed by atoms with Crippen molar-refractivity contribution in [2.45, 2.75) is 65.2 Å². The maximum Gasteiger partial charge on any atom is 0.0385 e. The third kappa shape index (κ3) is 11.7. The van der Waals surface area contributed by atoms with Crippen LogP contribution in [0.3, 0.4) is 0 Å². The number of hydrogen-bond acceptors (Lipinski definition) is 1. The Morgan fingerprint density at radius 2 is 1.54 bits per heavy atom. The van der Waals surface area contributed by atoms with Gasteiger partial charge in [0.2, 0.25) is 0 Å². The van der Waals surface area contributed by atoms with Crippen molar-refractivity contribution in [2.24, 2.45) is 4.99 Å². The van der Waals surface area contributed by atoms with Gasteiger partial charge in [-0.3, -0.25) is 4.99 Å². The fourth-order valence-electron chi connectivity index (χ4n) is 1.30. The number of nitrogens with zero attached hydrogens (tertiary/aromatic N) is 1. The molecule has 0 amide bonds. The Bertz CT molecular complexity index is 108. The van der Waals surface area contributed by atoms with E-state index in [1.807, 2.05) is 0 Å². The summed E-state index contributed by atoms with van der Waals surface area (Å²) in [4.78, 5) is 4.39. The Morgan fingerprint density at radius 3 is 2.23 bits per heavy atom.